The minimum absolute atomic E-state index is 0.470. The van der Waals surface area contributed by atoms with Crippen LogP contribution in [0.3, 0.4) is 0 Å². The highest BCUT2D eigenvalue weighted by molar-refractivity contribution is 6.25. The number of halogens is 1. The summed E-state index contributed by atoms with van der Waals surface area (Å²) < 4.78 is 0. The maximum atomic E-state index is 8.32. The quantitative estimate of drug-likeness (QED) is 0.581. The maximum Gasteiger partial charge on any atom is 0.0868 e. The van der Waals surface area contributed by atoms with E-state index >= 15 is 0 Å². The Balaban J connectivity index is 3.51. The van der Waals surface area contributed by atoms with E-state index in [2.05, 4.69) is 6.07 Å². The Morgan fingerprint density at radius 2 is 2.40 bits per heavy atom. The van der Waals surface area contributed by atoms with Crippen LogP contribution in [0.4, 0.5) is 0 Å². The second-order valence-corrected chi connectivity index (χ2v) is 2.10. The van der Waals surface area contributed by atoms with Gasteiger partial charge in [0.1, 0.15) is 0 Å². The van der Waals surface area contributed by atoms with Gasteiger partial charge < -0.3 is 0 Å². The van der Waals surface area contributed by atoms with Gasteiger partial charge in [-0.15, -0.1) is 0 Å². The number of hydrogen-bond donors (Lipinski definition) is 0. The molecule has 0 bridgehead atoms. The molecule has 10 heavy (non-hydrogen) atoms. The summed E-state index contributed by atoms with van der Waals surface area (Å²) in [5.41, 5.74) is 1.47. The molecule has 0 aromatic carbocycles. The van der Waals surface area contributed by atoms with Crippen LogP contribution in [0.2, 0.25) is 0 Å². The molecule has 0 unspecified atom stereocenters. The van der Waals surface area contributed by atoms with Gasteiger partial charge in [-0.3, -0.25) is 4.90 Å². The first kappa shape index (κ1) is 9.48. The van der Waals surface area contributed by atoms with E-state index in [0.717, 1.165) is 13.1 Å². The molecule has 0 atom stereocenters. The third-order valence-electron chi connectivity index (χ3n) is 1.19. The summed E-state index contributed by atoms with van der Waals surface area (Å²) in [5, 5.41) is 8.32. The minimum atomic E-state index is 0.470. The van der Waals surface area contributed by atoms with Crippen molar-refractivity contribution in [3.63, 3.8) is 0 Å². The van der Waals surface area contributed by atoms with E-state index in [1.54, 1.807) is 0 Å². The summed E-state index contributed by atoms with van der Waals surface area (Å²) in [5.74, 6) is 0. The van der Waals surface area contributed by atoms with Crippen molar-refractivity contribution >= 4 is 11.6 Å². The van der Waals surface area contributed by atoms with Gasteiger partial charge in [0.25, 0.3) is 0 Å². The average Bonchev–Trinajstić information content (AvgIpc) is 1.98. The van der Waals surface area contributed by atoms with Crippen molar-refractivity contribution in [1.82, 2.24) is 4.90 Å². The zero-order valence-electron chi connectivity index (χ0n) is 6.05. The summed E-state index contributed by atoms with van der Waals surface area (Å²) in [4.78, 5) is 1.98. The van der Waals surface area contributed by atoms with Crippen molar-refractivity contribution in [3.05, 3.63) is 11.6 Å². The first-order valence-electron chi connectivity index (χ1n) is 3.19. The third-order valence-corrected chi connectivity index (χ3v) is 1.37. The molecule has 0 spiro atoms. The summed E-state index contributed by atoms with van der Waals surface area (Å²) >= 11 is 5.31. The van der Waals surface area contributed by atoms with Crippen molar-refractivity contribution in [2.45, 2.75) is 6.92 Å². The van der Waals surface area contributed by atoms with Crippen molar-refractivity contribution < 1.29 is 0 Å². The molecule has 0 radical (unpaired) electrons. The molecule has 0 amide bonds. The SMILES string of the molecule is CCN(CC#N)C/C=C/Cl. The maximum absolute atomic E-state index is 8.32. The lowest BCUT2D eigenvalue weighted by molar-refractivity contribution is 0.358. The Labute approximate surface area is 66.7 Å². The fourth-order valence-electron chi connectivity index (χ4n) is 0.594. The van der Waals surface area contributed by atoms with Crippen molar-refractivity contribution in [2.75, 3.05) is 19.6 Å². The van der Waals surface area contributed by atoms with Crippen LogP contribution in [-0.4, -0.2) is 24.5 Å². The van der Waals surface area contributed by atoms with Gasteiger partial charge in [-0.2, -0.15) is 5.26 Å². The lowest BCUT2D eigenvalue weighted by Crippen LogP contribution is -2.23. The highest BCUT2D eigenvalue weighted by Gasteiger charge is 1.95. The van der Waals surface area contributed by atoms with Crippen LogP contribution in [-0.2, 0) is 0 Å². The predicted octanol–water partition coefficient (Wildman–Crippen LogP) is 1.58. The van der Waals surface area contributed by atoms with E-state index in [0.29, 0.717) is 6.54 Å². The smallest absolute Gasteiger partial charge is 0.0868 e. The third kappa shape index (κ3) is 4.37. The van der Waals surface area contributed by atoms with Crippen LogP contribution in [0.25, 0.3) is 0 Å². The van der Waals surface area contributed by atoms with Crippen LogP contribution in [0.5, 0.6) is 0 Å². The van der Waals surface area contributed by atoms with E-state index < -0.39 is 0 Å². The molecular weight excluding hydrogens is 148 g/mol. The van der Waals surface area contributed by atoms with E-state index in [4.69, 9.17) is 16.9 Å². The van der Waals surface area contributed by atoms with Crippen molar-refractivity contribution in [3.8, 4) is 6.07 Å². The van der Waals surface area contributed by atoms with Crippen LogP contribution < -0.4 is 0 Å². The average molecular weight is 159 g/mol. The first-order valence-corrected chi connectivity index (χ1v) is 3.63. The zero-order chi connectivity index (χ0) is 7.82. The Bertz CT molecular complexity index is 137. The molecule has 0 aliphatic carbocycles. The van der Waals surface area contributed by atoms with Gasteiger partial charge in [0, 0.05) is 12.1 Å². The number of nitrogens with zero attached hydrogens (tertiary/aromatic N) is 2. The molecule has 0 saturated carbocycles. The second-order valence-electron chi connectivity index (χ2n) is 1.85. The largest absolute Gasteiger partial charge is 0.287 e. The standard InChI is InChI=1S/C7H11ClN2/c1-2-10(7-5-9)6-3-4-8/h3-4H,2,6-7H2,1H3/b4-3+. The van der Waals surface area contributed by atoms with E-state index in [1.165, 1.54) is 5.54 Å². The van der Waals surface area contributed by atoms with Gasteiger partial charge in [0.05, 0.1) is 12.6 Å². The van der Waals surface area contributed by atoms with E-state index in [1.807, 2.05) is 17.9 Å². The molecule has 0 aromatic heterocycles. The van der Waals surface area contributed by atoms with Crippen LogP contribution >= 0.6 is 11.6 Å². The normalized spacial score (nSPS) is 10.6. The molecule has 0 rings (SSSR count). The number of rotatable bonds is 4. The topological polar surface area (TPSA) is 27.0 Å². The lowest BCUT2D eigenvalue weighted by atomic mass is 10.5. The van der Waals surface area contributed by atoms with Gasteiger partial charge in [-0.25, -0.2) is 0 Å². The Morgan fingerprint density at radius 3 is 2.80 bits per heavy atom. The fourth-order valence-corrected chi connectivity index (χ4v) is 0.674. The number of nitriles is 1. The highest BCUT2D eigenvalue weighted by Crippen LogP contribution is 1.87. The second kappa shape index (κ2) is 6.60. The van der Waals surface area contributed by atoms with Gasteiger partial charge in [-0.05, 0) is 6.54 Å². The number of hydrogen-bond acceptors (Lipinski definition) is 2. The molecule has 0 saturated heterocycles. The Hall–Kier alpha value is -0.520. The summed E-state index contributed by atoms with van der Waals surface area (Å²) in [6.45, 7) is 4.12. The van der Waals surface area contributed by atoms with Gasteiger partial charge in [-0.1, -0.05) is 24.6 Å². The molecule has 0 N–H and O–H groups in total. The summed E-state index contributed by atoms with van der Waals surface area (Å²) in [6, 6.07) is 2.08. The molecule has 0 aliphatic heterocycles. The van der Waals surface area contributed by atoms with E-state index in [9.17, 15) is 0 Å². The summed E-state index contributed by atoms with van der Waals surface area (Å²) in [6.07, 6.45) is 1.82. The van der Waals surface area contributed by atoms with Crippen LogP contribution in [0.15, 0.2) is 11.6 Å². The Morgan fingerprint density at radius 1 is 1.70 bits per heavy atom. The molecule has 2 nitrogen and oxygen atoms in total. The monoisotopic (exact) mass is 158 g/mol. The number of likely N-dealkylation sites (N-methyl/N-ethyl adjacent to an activating group) is 1. The molecular formula is C7H11ClN2. The van der Waals surface area contributed by atoms with Crippen molar-refractivity contribution in [2.24, 2.45) is 0 Å². The molecule has 0 aromatic rings. The zero-order valence-corrected chi connectivity index (χ0v) is 6.80. The Kier molecular flexibility index (Phi) is 6.25. The minimum Gasteiger partial charge on any atom is -0.287 e. The van der Waals surface area contributed by atoms with Crippen LogP contribution in [0.1, 0.15) is 6.92 Å². The molecule has 0 heterocycles. The molecule has 0 aliphatic rings. The first-order chi connectivity index (χ1) is 4.85. The van der Waals surface area contributed by atoms with Crippen LogP contribution in [0, 0.1) is 11.3 Å². The lowest BCUT2D eigenvalue weighted by Gasteiger charge is -2.12. The van der Waals surface area contributed by atoms with E-state index in [-0.39, 0.29) is 0 Å². The summed E-state index contributed by atoms with van der Waals surface area (Å²) in [7, 11) is 0. The van der Waals surface area contributed by atoms with Gasteiger partial charge >= 0.3 is 0 Å². The molecule has 3 heteroatoms. The van der Waals surface area contributed by atoms with Crippen molar-refractivity contribution in [1.29, 1.82) is 5.26 Å². The molecule has 56 valence electrons. The van der Waals surface area contributed by atoms with Gasteiger partial charge in [0.15, 0.2) is 0 Å². The fraction of sp³-hybridized carbons (Fsp3) is 0.571. The van der Waals surface area contributed by atoms with Gasteiger partial charge in [0.2, 0.25) is 0 Å². The highest BCUT2D eigenvalue weighted by atomic mass is 35.5. The predicted molar refractivity (Wildman–Crippen MR) is 42.7 cm³/mol. The molecule has 0 fully saturated rings.